The van der Waals surface area contributed by atoms with Gasteiger partial charge in [-0.05, 0) is 18.2 Å². The van der Waals surface area contributed by atoms with Crippen LogP contribution in [-0.4, -0.2) is 36.5 Å². The predicted molar refractivity (Wildman–Crippen MR) is 73.1 cm³/mol. The van der Waals surface area contributed by atoms with E-state index in [9.17, 15) is 14.4 Å². The highest BCUT2D eigenvalue weighted by Crippen LogP contribution is 2.19. The summed E-state index contributed by atoms with van der Waals surface area (Å²) in [4.78, 5) is 35.4. The van der Waals surface area contributed by atoms with Crippen molar-refractivity contribution in [3.8, 4) is 5.75 Å². The predicted octanol–water partition coefficient (Wildman–Crippen LogP) is 0.724. The molecule has 0 radical (unpaired) electrons. The minimum Gasteiger partial charge on any atom is -0.484 e. The molecular formula is C14H12N2O5. The third kappa shape index (κ3) is 2.71. The third-order valence-electron chi connectivity index (χ3n) is 3.11. The molecule has 1 aliphatic rings. The molecule has 2 aromatic rings. The molecule has 1 aromatic heterocycles. The highest BCUT2D eigenvalue weighted by Gasteiger charge is 2.26. The molecule has 108 valence electrons. The molecule has 1 N–H and O–H groups in total. The molecule has 0 unspecified atom stereocenters. The van der Waals surface area contributed by atoms with Crippen LogP contribution >= 0.6 is 0 Å². The summed E-state index contributed by atoms with van der Waals surface area (Å²) < 4.78 is 10.4. The van der Waals surface area contributed by atoms with Gasteiger partial charge in [-0.15, -0.1) is 0 Å². The lowest BCUT2D eigenvalue weighted by Crippen LogP contribution is -2.37. The maximum absolute atomic E-state index is 11.8. The Morgan fingerprint density at radius 2 is 2.10 bits per heavy atom. The summed E-state index contributed by atoms with van der Waals surface area (Å²) >= 11 is 0. The monoisotopic (exact) mass is 288 g/mol. The van der Waals surface area contributed by atoms with Crippen molar-refractivity contribution in [2.45, 2.75) is 0 Å². The van der Waals surface area contributed by atoms with Gasteiger partial charge in [0.2, 0.25) is 0 Å². The molecule has 0 saturated carbocycles. The number of nitrogens with one attached hydrogen (secondary N) is 1. The van der Waals surface area contributed by atoms with Crippen LogP contribution in [0.2, 0.25) is 0 Å². The van der Waals surface area contributed by atoms with E-state index < -0.39 is 17.6 Å². The minimum absolute atomic E-state index is 0.254. The molecule has 7 heteroatoms. The molecule has 3 amide bonds. The molecule has 1 aromatic carbocycles. The summed E-state index contributed by atoms with van der Waals surface area (Å²) in [6, 6.07) is 7.49. The normalized spacial score (nSPS) is 14.3. The Balaban J connectivity index is 1.71. The van der Waals surface area contributed by atoms with Gasteiger partial charge in [0, 0.05) is 30.6 Å². The van der Waals surface area contributed by atoms with Crippen molar-refractivity contribution in [2.24, 2.45) is 0 Å². The first-order valence-electron chi connectivity index (χ1n) is 6.38. The fourth-order valence-electron chi connectivity index (χ4n) is 2.06. The molecular weight excluding hydrogens is 276 g/mol. The zero-order chi connectivity index (χ0) is 14.8. The largest absolute Gasteiger partial charge is 0.484 e. The number of amides is 3. The lowest BCUT2D eigenvalue weighted by molar-refractivity contribution is -0.129. The van der Waals surface area contributed by atoms with Gasteiger partial charge in [-0.3, -0.25) is 9.69 Å². The lowest BCUT2D eigenvalue weighted by atomic mass is 10.2. The molecule has 0 spiro atoms. The average Bonchev–Trinajstić information content (AvgIpc) is 2.90. The Morgan fingerprint density at radius 1 is 1.29 bits per heavy atom. The van der Waals surface area contributed by atoms with Crippen LogP contribution in [0.15, 0.2) is 39.5 Å². The number of fused-ring (bicyclic) bond motifs is 1. The van der Waals surface area contributed by atoms with E-state index in [1.165, 1.54) is 12.1 Å². The van der Waals surface area contributed by atoms with E-state index in [2.05, 4.69) is 5.32 Å². The van der Waals surface area contributed by atoms with E-state index in [1.54, 1.807) is 18.2 Å². The van der Waals surface area contributed by atoms with Gasteiger partial charge in [0.15, 0.2) is 6.61 Å². The number of hydrogen-bond acceptors (Lipinski definition) is 5. The number of ether oxygens (including phenoxy) is 1. The molecule has 1 saturated heterocycles. The molecule has 21 heavy (non-hydrogen) atoms. The Labute approximate surface area is 119 Å². The van der Waals surface area contributed by atoms with E-state index in [-0.39, 0.29) is 6.61 Å². The molecule has 0 atom stereocenters. The van der Waals surface area contributed by atoms with Gasteiger partial charge in [-0.2, -0.15) is 0 Å². The number of carbonyl (C=O) groups is 2. The summed E-state index contributed by atoms with van der Waals surface area (Å²) in [5, 5.41) is 3.30. The lowest BCUT2D eigenvalue weighted by Gasteiger charge is -2.12. The standard InChI is InChI=1S/C14H12N2O5/c17-12(16-6-5-15-14(16)19)8-20-10-3-1-9-2-4-13(18)21-11(9)7-10/h1-4,7H,5-6,8H2,(H,15,19). The number of rotatable bonds is 3. The second-order valence-corrected chi connectivity index (χ2v) is 4.52. The van der Waals surface area contributed by atoms with Crippen LogP contribution in [0.3, 0.4) is 0 Å². The first-order chi connectivity index (χ1) is 10.1. The van der Waals surface area contributed by atoms with E-state index in [4.69, 9.17) is 9.15 Å². The van der Waals surface area contributed by atoms with Gasteiger partial charge < -0.3 is 14.5 Å². The Hall–Kier alpha value is -2.83. The molecule has 3 rings (SSSR count). The van der Waals surface area contributed by atoms with E-state index in [0.717, 1.165) is 10.3 Å². The summed E-state index contributed by atoms with van der Waals surface area (Å²) in [7, 11) is 0. The Kier molecular flexibility index (Phi) is 3.31. The van der Waals surface area contributed by atoms with Gasteiger partial charge in [-0.25, -0.2) is 9.59 Å². The topological polar surface area (TPSA) is 88.8 Å². The van der Waals surface area contributed by atoms with Crippen molar-refractivity contribution in [3.63, 3.8) is 0 Å². The second kappa shape index (κ2) is 5.28. The van der Waals surface area contributed by atoms with Crippen LogP contribution in [0.5, 0.6) is 5.75 Å². The van der Waals surface area contributed by atoms with Crippen molar-refractivity contribution in [3.05, 3.63) is 40.8 Å². The quantitative estimate of drug-likeness (QED) is 0.841. The molecule has 0 bridgehead atoms. The van der Waals surface area contributed by atoms with E-state index in [1.807, 2.05) is 0 Å². The summed E-state index contributed by atoms with van der Waals surface area (Å²) in [5.74, 6) is -0.0237. The Bertz CT molecular complexity index is 767. The van der Waals surface area contributed by atoms with Gasteiger partial charge in [0.1, 0.15) is 11.3 Å². The summed E-state index contributed by atoms with van der Waals surface area (Å²) in [6.45, 7) is 0.537. The molecule has 1 fully saturated rings. The van der Waals surface area contributed by atoms with Crippen LogP contribution in [0, 0.1) is 0 Å². The zero-order valence-electron chi connectivity index (χ0n) is 11.0. The highest BCUT2D eigenvalue weighted by atomic mass is 16.5. The maximum Gasteiger partial charge on any atom is 0.336 e. The SMILES string of the molecule is O=C(COc1ccc2ccc(=O)oc2c1)N1CCNC1=O. The smallest absolute Gasteiger partial charge is 0.336 e. The maximum atomic E-state index is 11.8. The highest BCUT2D eigenvalue weighted by molar-refractivity contribution is 5.96. The molecule has 7 nitrogen and oxygen atoms in total. The van der Waals surface area contributed by atoms with Crippen LogP contribution in [0.25, 0.3) is 11.0 Å². The number of nitrogens with zero attached hydrogens (tertiary/aromatic N) is 1. The van der Waals surface area contributed by atoms with Crippen molar-refractivity contribution in [1.82, 2.24) is 10.2 Å². The van der Waals surface area contributed by atoms with Crippen molar-refractivity contribution in [2.75, 3.05) is 19.7 Å². The van der Waals surface area contributed by atoms with Crippen molar-refractivity contribution < 1.29 is 18.7 Å². The minimum atomic E-state index is -0.454. The number of benzene rings is 1. The molecule has 0 aliphatic carbocycles. The fraction of sp³-hybridized carbons (Fsp3) is 0.214. The van der Waals surface area contributed by atoms with Crippen LogP contribution < -0.4 is 15.7 Å². The molecule has 2 heterocycles. The number of urea groups is 1. The van der Waals surface area contributed by atoms with Gasteiger partial charge in [0.05, 0.1) is 0 Å². The zero-order valence-corrected chi connectivity index (χ0v) is 11.0. The van der Waals surface area contributed by atoms with Crippen LogP contribution in [0.1, 0.15) is 0 Å². The molecule has 1 aliphatic heterocycles. The summed E-state index contributed by atoms with van der Waals surface area (Å²) in [5.41, 5.74) is -0.0733. The first kappa shape index (κ1) is 13.2. The first-order valence-corrected chi connectivity index (χ1v) is 6.38. The van der Waals surface area contributed by atoms with E-state index in [0.29, 0.717) is 24.4 Å². The number of hydrogen-bond donors (Lipinski definition) is 1. The van der Waals surface area contributed by atoms with Crippen molar-refractivity contribution >= 4 is 22.9 Å². The summed E-state index contributed by atoms with van der Waals surface area (Å²) in [6.07, 6.45) is 0. The van der Waals surface area contributed by atoms with Crippen LogP contribution in [-0.2, 0) is 4.79 Å². The third-order valence-corrected chi connectivity index (χ3v) is 3.11. The van der Waals surface area contributed by atoms with Gasteiger partial charge in [-0.1, -0.05) is 0 Å². The average molecular weight is 288 g/mol. The Morgan fingerprint density at radius 3 is 2.86 bits per heavy atom. The number of imide groups is 1. The fourth-order valence-corrected chi connectivity index (χ4v) is 2.06. The van der Waals surface area contributed by atoms with Gasteiger partial charge in [0.25, 0.3) is 5.91 Å². The number of carbonyl (C=O) groups excluding carboxylic acids is 2. The second-order valence-electron chi connectivity index (χ2n) is 4.52. The van der Waals surface area contributed by atoms with Crippen LogP contribution in [0.4, 0.5) is 4.79 Å². The van der Waals surface area contributed by atoms with E-state index >= 15 is 0 Å². The van der Waals surface area contributed by atoms with Crippen molar-refractivity contribution in [1.29, 1.82) is 0 Å². The van der Waals surface area contributed by atoms with Gasteiger partial charge >= 0.3 is 11.7 Å².